The summed E-state index contributed by atoms with van der Waals surface area (Å²) in [5.74, 6) is -1.07. The molecule has 0 aromatic heterocycles. The molecule has 0 heterocycles. The topological polar surface area (TPSA) is 77.8 Å². The molecule has 0 amide bonds. The van der Waals surface area contributed by atoms with E-state index in [4.69, 9.17) is 5.11 Å². The summed E-state index contributed by atoms with van der Waals surface area (Å²) in [6.45, 7) is 1.85. The van der Waals surface area contributed by atoms with Crippen molar-refractivity contribution >= 4 is 37.8 Å². The Morgan fingerprint density at radius 3 is 2.65 bits per heavy atom. The molecular formula is C14H16Br2O4. The molecule has 0 saturated heterocycles. The predicted molar refractivity (Wildman–Crippen MR) is 83.6 cm³/mol. The SMILES string of the molecule is C[C@H](CC/C=C/C(=O)O)[C@H](O)c1cc(Br)cc(Br)c1O. The number of aliphatic carboxylic acids is 1. The first-order valence-electron chi connectivity index (χ1n) is 6.08. The molecule has 1 aromatic rings. The summed E-state index contributed by atoms with van der Waals surface area (Å²) in [7, 11) is 0. The van der Waals surface area contributed by atoms with Crippen LogP contribution in [0.5, 0.6) is 5.75 Å². The highest BCUT2D eigenvalue weighted by atomic mass is 79.9. The number of hydrogen-bond donors (Lipinski definition) is 3. The van der Waals surface area contributed by atoms with Gasteiger partial charge >= 0.3 is 5.97 Å². The van der Waals surface area contributed by atoms with Crippen molar-refractivity contribution in [1.29, 1.82) is 0 Å². The number of aromatic hydroxyl groups is 1. The van der Waals surface area contributed by atoms with Crippen molar-refractivity contribution in [3.63, 3.8) is 0 Å². The van der Waals surface area contributed by atoms with Gasteiger partial charge in [-0.25, -0.2) is 4.79 Å². The highest BCUT2D eigenvalue weighted by Crippen LogP contribution is 2.38. The summed E-state index contributed by atoms with van der Waals surface area (Å²) in [5.41, 5.74) is 0.445. The van der Waals surface area contributed by atoms with Crippen LogP contribution >= 0.6 is 31.9 Å². The minimum absolute atomic E-state index is 0.0219. The number of halogens is 2. The molecule has 2 atom stereocenters. The summed E-state index contributed by atoms with van der Waals surface area (Å²) >= 11 is 6.54. The van der Waals surface area contributed by atoms with Crippen LogP contribution in [0.3, 0.4) is 0 Å². The fourth-order valence-electron chi connectivity index (χ4n) is 1.82. The van der Waals surface area contributed by atoms with Gasteiger partial charge in [-0.05, 0) is 46.8 Å². The number of phenolic OH excluding ortho intramolecular Hbond substituents is 1. The number of allylic oxidation sites excluding steroid dienone is 1. The number of benzene rings is 1. The van der Waals surface area contributed by atoms with E-state index in [9.17, 15) is 15.0 Å². The van der Waals surface area contributed by atoms with Crippen LogP contribution in [0.1, 0.15) is 31.4 Å². The highest BCUT2D eigenvalue weighted by Gasteiger charge is 2.21. The molecule has 1 rings (SSSR count). The van der Waals surface area contributed by atoms with Crippen molar-refractivity contribution in [3.05, 3.63) is 38.8 Å². The highest BCUT2D eigenvalue weighted by molar-refractivity contribution is 9.11. The standard InChI is InChI=1S/C14H16Br2O4/c1-8(4-2-3-5-12(17)18)13(19)10-6-9(15)7-11(16)14(10)20/h3,5-8,13,19-20H,2,4H2,1H3,(H,17,18)/b5-3+/t8-,13+/m1/s1. The second-order valence-corrected chi connectivity index (χ2v) is 6.34. The van der Waals surface area contributed by atoms with Crippen LogP contribution in [0, 0.1) is 5.92 Å². The molecular weight excluding hydrogens is 392 g/mol. The van der Waals surface area contributed by atoms with E-state index in [1.807, 2.05) is 6.92 Å². The van der Waals surface area contributed by atoms with E-state index >= 15 is 0 Å². The zero-order chi connectivity index (χ0) is 15.3. The fourth-order valence-corrected chi connectivity index (χ4v) is 3.08. The van der Waals surface area contributed by atoms with Crippen LogP contribution in [0.25, 0.3) is 0 Å². The maximum absolute atomic E-state index is 10.3. The first-order chi connectivity index (χ1) is 9.32. The van der Waals surface area contributed by atoms with E-state index < -0.39 is 12.1 Å². The van der Waals surface area contributed by atoms with Crippen molar-refractivity contribution in [1.82, 2.24) is 0 Å². The third-order valence-corrected chi connectivity index (χ3v) is 4.03. The average Bonchev–Trinajstić information content (AvgIpc) is 2.37. The maximum Gasteiger partial charge on any atom is 0.327 e. The van der Waals surface area contributed by atoms with Gasteiger partial charge in [-0.2, -0.15) is 0 Å². The molecule has 0 radical (unpaired) electrons. The van der Waals surface area contributed by atoms with E-state index in [1.165, 1.54) is 0 Å². The summed E-state index contributed by atoms with van der Waals surface area (Å²) < 4.78 is 1.27. The molecule has 20 heavy (non-hydrogen) atoms. The quantitative estimate of drug-likeness (QED) is 0.622. The molecule has 0 aliphatic carbocycles. The smallest absolute Gasteiger partial charge is 0.327 e. The largest absolute Gasteiger partial charge is 0.506 e. The van der Waals surface area contributed by atoms with Gasteiger partial charge in [0.1, 0.15) is 5.75 Å². The van der Waals surface area contributed by atoms with Crippen LogP contribution in [-0.4, -0.2) is 21.3 Å². The van der Waals surface area contributed by atoms with Crippen molar-refractivity contribution in [3.8, 4) is 5.75 Å². The van der Waals surface area contributed by atoms with Gasteiger partial charge in [0.2, 0.25) is 0 Å². The van der Waals surface area contributed by atoms with Gasteiger partial charge in [-0.3, -0.25) is 0 Å². The third kappa shape index (κ3) is 4.92. The van der Waals surface area contributed by atoms with Crippen LogP contribution in [-0.2, 0) is 4.79 Å². The summed E-state index contributed by atoms with van der Waals surface area (Å²) in [6.07, 6.45) is 3.01. The Kier molecular flexibility index (Phi) is 6.71. The zero-order valence-electron chi connectivity index (χ0n) is 10.9. The van der Waals surface area contributed by atoms with E-state index in [-0.39, 0.29) is 11.7 Å². The molecule has 6 heteroatoms. The summed E-state index contributed by atoms with van der Waals surface area (Å²) in [4.78, 5) is 10.3. The van der Waals surface area contributed by atoms with Gasteiger partial charge in [0.05, 0.1) is 10.6 Å². The monoisotopic (exact) mass is 406 g/mol. The lowest BCUT2D eigenvalue weighted by atomic mass is 9.93. The molecule has 4 nitrogen and oxygen atoms in total. The van der Waals surface area contributed by atoms with E-state index in [1.54, 1.807) is 18.2 Å². The number of carbonyl (C=O) groups is 1. The number of rotatable bonds is 6. The Balaban J connectivity index is 2.74. The van der Waals surface area contributed by atoms with Gasteiger partial charge in [0.15, 0.2) is 0 Å². The molecule has 3 N–H and O–H groups in total. The number of carboxylic acids is 1. The van der Waals surface area contributed by atoms with Crippen molar-refractivity contribution in [2.45, 2.75) is 25.9 Å². The molecule has 0 fully saturated rings. The second-order valence-electron chi connectivity index (χ2n) is 4.57. The maximum atomic E-state index is 10.3. The Labute approximate surface area is 134 Å². The lowest BCUT2D eigenvalue weighted by Gasteiger charge is -2.20. The number of phenols is 1. The minimum Gasteiger partial charge on any atom is -0.506 e. The number of carboxylic acid groups (broad SMARTS) is 1. The van der Waals surface area contributed by atoms with Crippen LogP contribution in [0.15, 0.2) is 33.2 Å². The molecule has 0 aliphatic heterocycles. The van der Waals surface area contributed by atoms with Gasteiger partial charge in [-0.15, -0.1) is 0 Å². The number of aliphatic hydroxyl groups is 1. The van der Waals surface area contributed by atoms with E-state index in [0.717, 1.165) is 10.5 Å². The first kappa shape index (κ1) is 17.2. The molecule has 0 bridgehead atoms. The van der Waals surface area contributed by atoms with Crippen LogP contribution < -0.4 is 0 Å². The fraction of sp³-hybridized carbons (Fsp3) is 0.357. The molecule has 110 valence electrons. The first-order valence-corrected chi connectivity index (χ1v) is 7.67. The average molecular weight is 408 g/mol. The van der Waals surface area contributed by atoms with Crippen molar-refractivity contribution < 1.29 is 20.1 Å². The Hall–Kier alpha value is -0.850. The lowest BCUT2D eigenvalue weighted by Crippen LogP contribution is -2.09. The number of aliphatic hydroxyl groups excluding tert-OH is 1. The number of hydrogen-bond acceptors (Lipinski definition) is 3. The summed E-state index contributed by atoms with van der Waals surface area (Å²) in [5, 5.41) is 28.7. The van der Waals surface area contributed by atoms with Crippen molar-refractivity contribution in [2.24, 2.45) is 5.92 Å². The van der Waals surface area contributed by atoms with Crippen LogP contribution in [0.2, 0.25) is 0 Å². The van der Waals surface area contributed by atoms with Gasteiger partial charge in [0, 0.05) is 16.1 Å². The minimum atomic E-state index is -0.980. The van der Waals surface area contributed by atoms with E-state index in [2.05, 4.69) is 31.9 Å². The summed E-state index contributed by atoms with van der Waals surface area (Å²) in [6, 6.07) is 3.38. The normalized spacial score (nSPS) is 14.4. The lowest BCUT2D eigenvalue weighted by molar-refractivity contribution is -0.131. The Morgan fingerprint density at radius 1 is 1.40 bits per heavy atom. The third-order valence-electron chi connectivity index (χ3n) is 2.96. The van der Waals surface area contributed by atoms with Crippen molar-refractivity contribution in [2.75, 3.05) is 0 Å². The molecule has 0 spiro atoms. The Bertz CT molecular complexity index is 514. The molecule has 0 saturated carbocycles. The van der Waals surface area contributed by atoms with E-state index in [0.29, 0.717) is 22.9 Å². The Morgan fingerprint density at radius 2 is 2.05 bits per heavy atom. The zero-order valence-corrected chi connectivity index (χ0v) is 14.1. The molecule has 0 unspecified atom stereocenters. The molecule has 1 aromatic carbocycles. The van der Waals surface area contributed by atoms with Gasteiger partial charge in [0.25, 0.3) is 0 Å². The van der Waals surface area contributed by atoms with Gasteiger partial charge < -0.3 is 15.3 Å². The predicted octanol–water partition coefficient (Wildman–Crippen LogP) is 4.01. The van der Waals surface area contributed by atoms with Gasteiger partial charge in [-0.1, -0.05) is 28.9 Å². The van der Waals surface area contributed by atoms with Crippen LogP contribution in [0.4, 0.5) is 0 Å². The molecule has 0 aliphatic rings. The second kappa shape index (κ2) is 7.81.